The minimum Gasteiger partial charge on any atom is -0.392 e. The van der Waals surface area contributed by atoms with Crippen molar-refractivity contribution in [3.05, 3.63) is 28.7 Å². The molecule has 0 spiro atoms. The monoisotopic (exact) mass is 310 g/mol. The number of hydrogen-bond donors (Lipinski definition) is 2. The Balaban J connectivity index is 1.83. The van der Waals surface area contributed by atoms with E-state index in [1.165, 1.54) is 0 Å². The van der Waals surface area contributed by atoms with Crippen LogP contribution in [0.4, 0.5) is 0 Å². The van der Waals surface area contributed by atoms with Crippen molar-refractivity contribution in [1.29, 1.82) is 0 Å². The zero-order valence-corrected chi connectivity index (χ0v) is 11.0. The summed E-state index contributed by atoms with van der Waals surface area (Å²) in [4.78, 5) is 8.50. The van der Waals surface area contributed by atoms with Crippen molar-refractivity contribution >= 4 is 15.9 Å². The number of pyridine rings is 1. The molecular formula is C11H11BrN4O2. The summed E-state index contributed by atoms with van der Waals surface area (Å²) < 4.78 is 6.09. The Morgan fingerprint density at radius 2 is 2.33 bits per heavy atom. The minimum absolute atomic E-state index is 0.0725. The molecule has 18 heavy (non-hydrogen) atoms. The van der Waals surface area contributed by atoms with Crippen LogP contribution in [0.2, 0.25) is 0 Å². The van der Waals surface area contributed by atoms with Gasteiger partial charge in [-0.1, -0.05) is 5.16 Å². The molecule has 0 radical (unpaired) electrons. The highest BCUT2D eigenvalue weighted by Crippen LogP contribution is 2.24. The molecular weight excluding hydrogens is 300 g/mol. The minimum atomic E-state index is -0.351. The molecule has 2 aromatic heterocycles. The lowest BCUT2D eigenvalue weighted by molar-refractivity contribution is 0.191. The van der Waals surface area contributed by atoms with Crippen LogP contribution < -0.4 is 5.32 Å². The van der Waals surface area contributed by atoms with Gasteiger partial charge in [0.05, 0.1) is 12.1 Å². The lowest BCUT2D eigenvalue weighted by atomic mass is 10.2. The Labute approximate surface area is 112 Å². The molecule has 2 N–H and O–H groups in total. The zero-order chi connectivity index (χ0) is 12.5. The van der Waals surface area contributed by atoms with Crippen molar-refractivity contribution < 1.29 is 9.63 Å². The fourth-order valence-corrected chi connectivity index (χ4v) is 2.13. The van der Waals surface area contributed by atoms with Crippen LogP contribution in [0.25, 0.3) is 11.5 Å². The fourth-order valence-electron chi connectivity index (χ4n) is 1.89. The lowest BCUT2D eigenvalue weighted by Gasteiger charge is -2.01. The number of aliphatic hydroxyl groups is 1. The quantitative estimate of drug-likeness (QED) is 0.869. The van der Waals surface area contributed by atoms with Gasteiger partial charge in [-0.25, -0.2) is 0 Å². The van der Waals surface area contributed by atoms with Gasteiger partial charge in [-0.15, -0.1) is 0 Å². The summed E-state index contributed by atoms with van der Waals surface area (Å²) in [5.41, 5.74) is 0.659. The summed E-state index contributed by atoms with van der Waals surface area (Å²) >= 11 is 3.32. The summed E-state index contributed by atoms with van der Waals surface area (Å²) in [7, 11) is 0. The second-order valence-electron chi connectivity index (χ2n) is 4.17. The van der Waals surface area contributed by atoms with Gasteiger partial charge in [0, 0.05) is 17.2 Å². The Hall–Kier alpha value is -1.31. The van der Waals surface area contributed by atoms with Gasteiger partial charge in [0.2, 0.25) is 11.7 Å². The highest BCUT2D eigenvalue weighted by molar-refractivity contribution is 9.10. The summed E-state index contributed by atoms with van der Waals surface area (Å²) in [6.45, 7) is 0.554. The third-order valence-electron chi connectivity index (χ3n) is 2.80. The summed E-state index contributed by atoms with van der Waals surface area (Å²) in [5, 5.41) is 16.5. The van der Waals surface area contributed by atoms with E-state index in [4.69, 9.17) is 4.52 Å². The van der Waals surface area contributed by atoms with E-state index in [2.05, 4.69) is 36.4 Å². The first-order valence-electron chi connectivity index (χ1n) is 5.59. The molecule has 3 heterocycles. The average molecular weight is 311 g/mol. The standard InChI is InChI=1S/C11H11BrN4O2/c12-6-1-2-8(13-4-6)10-15-11(18-16-10)9-3-7(17)5-14-9/h1-2,4,7,9,14,17H,3,5H2/t7-,9+/m0/s1. The Morgan fingerprint density at radius 3 is 3.00 bits per heavy atom. The first-order chi connectivity index (χ1) is 8.72. The summed E-state index contributed by atoms with van der Waals surface area (Å²) in [6.07, 6.45) is 1.93. The number of nitrogens with zero attached hydrogens (tertiary/aromatic N) is 3. The van der Waals surface area contributed by atoms with E-state index in [1.54, 1.807) is 6.20 Å². The molecule has 0 bridgehead atoms. The average Bonchev–Trinajstić information content (AvgIpc) is 2.98. The molecule has 0 aliphatic carbocycles. The van der Waals surface area contributed by atoms with Gasteiger partial charge in [-0.3, -0.25) is 4.98 Å². The SMILES string of the molecule is O[C@@H]1CN[C@@H](c2nc(-c3ccc(Br)cn3)no2)C1. The lowest BCUT2D eigenvalue weighted by Crippen LogP contribution is -2.15. The molecule has 0 unspecified atom stereocenters. The molecule has 0 amide bonds. The van der Waals surface area contributed by atoms with Gasteiger partial charge in [0.15, 0.2) is 0 Å². The van der Waals surface area contributed by atoms with Crippen LogP contribution in [0.3, 0.4) is 0 Å². The van der Waals surface area contributed by atoms with E-state index in [9.17, 15) is 5.11 Å². The molecule has 7 heteroatoms. The van der Waals surface area contributed by atoms with E-state index in [-0.39, 0.29) is 12.1 Å². The smallest absolute Gasteiger partial charge is 0.244 e. The van der Waals surface area contributed by atoms with Gasteiger partial charge in [0.25, 0.3) is 0 Å². The molecule has 94 valence electrons. The Morgan fingerprint density at radius 1 is 1.44 bits per heavy atom. The van der Waals surface area contributed by atoms with Crippen molar-refractivity contribution in [2.75, 3.05) is 6.54 Å². The normalized spacial score (nSPS) is 23.4. The zero-order valence-electron chi connectivity index (χ0n) is 9.38. The molecule has 1 saturated heterocycles. The van der Waals surface area contributed by atoms with Crippen LogP contribution in [0.5, 0.6) is 0 Å². The number of aromatic nitrogens is 3. The maximum atomic E-state index is 9.45. The van der Waals surface area contributed by atoms with Crippen molar-refractivity contribution in [2.24, 2.45) is 0 Å². The molecule has 1 aliphatic rings. The number of hydrogen-bond acceptors (Lipinski definition) is 6. The second-order valence-corrected chi connectivity index (χ2v) is 5.08. The molecule has 0 saturated carbocycles. The topological polar surface area (TPSA) is 84.1 Å². The molecule has 1 fully saturated rings. The maximum absolute atomic E-state index is 9.45. The molecule has 2 atom stereocenters. The van der Waals surface area contributed by atoms with Crippen LogP contribution >= 0.6 is 15.9 Å². The molecule has 0 aromatic carbocycles. The fraction of sp³-hybridized carbons (Fsp3) is 0.364. The van der Waals surface area contributed by atoms with E-state index in [0.29, 0.717) is 30.4 Å². The van der Waals surface area contributed by atoms with Crippen LogP contribution in [0.1, 0.15) is 18.4 Å². The van der Waals surface area contributed by atoms with Crippen LogP contribution in [0, 0.1) is 0 Å². The second kappa shape index (κ2) is 4.75. The third kappa shape index (κ3) is 2.29. The van der Waals surface area contributed by atoms with Crippen molar-refractivity contribution in [2.45, 2.75) is 18.6 Å². The highest BCUT2D eigenvalue weighted by Gasteiger charge is 2.28. The molecule has 2 aromatic rings. The van der Waals surface area contributed by atoms with Crippen molar-refractivity contribution in [3.63, 3.8) is 0 Å². The summed E-state index contributed by atoms with van der Waals surface area (Å²) in [6, 6.07) is 3.61. The van der Waals surface area contributed by atoms with Crippen LogP contribution in [0.15, 0.2) is 27.3 Å². The van der Waals surface area contributed by atoms with Crippen LogP contribution in [-0.2, 0) is 0 Å². The first-order valence-corrected chi connectivity index (χ1v) is 6.38. The van der Waals surface area contributed by atoms with Gasteiger partial charge in [-0.2, -0.15) is 4.98 Å². The molecule has 1 aliphatic heterocycles. The predicted octanol–water partition coefficient (Wildman–Crippen LogP) is 1.29. The maximum Gasteiger partial charge on any atom is 0.244 e. The van der Waals surface area contributed by atoms with Gasteiger partial charge in [-0.05, 0) is 34.5 Å². The highest BCUT2D eigenvalue weighted by atomic mass is 79.9. The summed E-state index contributed by atoms with van der Waals surface area (Å²) in [5.74, 6) is 0.951. The van der Waals surface area contributed by atoms with Gasteiger partial charge >= 0.3 is 0 Å². The number of halogens is 1. The number of nitrogens with one attached hydrogen (secondary N) is 1. The molecule has 3 rings (SSSR count). The number of aliphatic hydroxyl groups excluding tert-OH is 1. The molecule has 6 nitrogen and oxygen atoms in total. The van der Waals surface area contributed by atoms with Crippen LogP contribution in [-0.4, -0.2) is 32.9 Å². The van der Waals surface area contributed by atoms with E-state index in [0.717, 1.165) is 4.47 Å². The van der Waals surface area contributed by atoms with Crippen molar-refractivity contribution in [1.82, 2.24) is 20.4 Å². The van der Waals surface area contributed by atoms with E-state index >= 15 is 0 Å². The van der Waals surface area contributed by atoms with Gasteiger partial charge < -0.3 is 14.9 Å². The van der Waals surface area contributed by atoms with E-state index in [1.807, 2.05) is 12.1 Å². The third-order valence-corrected chi connectivity index (χ3v) is 3.27. The number of β-amino-alcohol motifs (C(OH)–C–C–N with tert-alkyl or cyclic N) is 1. The Bertz CT molecular complexity index is 542. The number of rotatable bonds is 2. The first kappa shape index (κ1) is 11.8. The van der Waals surface area contributed by atoms with Crippen molar-refractivity contribution in [3.8, 4) is 11.5 Å². The largest absolute Gasteiger partial charge is 0.392 e. The predicted molar refractivity (Wildman–Crippen MR) is 66.6 cm³/mol. The van der Waals surface area contributed by atoms with E-state index < -0.39 is 0 Å². The Kier molecular flexibility index (Phi) is 3.11. The van der Waals surface area contributed by atoms with Gasteiger partial charge in [0.1, 0.15) is 5.69 Å².